The maximum absolute atomic E-state index is 4.96. The minimum atomic E-state index is 0.0887. The molecule has 3 aromatic heterocycles. The van der Waals surface area contributed by atoms with Gasteiger partial charge in [-0.1, -0.05) is 37.3 Å². The topological polar surface area (TPSA) is 90.4 Å². The summed E-state index contributed by atoms with van der Waals surface area (Å²) in [4.78, 5) is 16.3. The van der Waals surface area contributed by atoms with Gasteiger partial charge in [0.1, 0.15) is 17.8 Å². The highest BCUT2D eigenvalue weighted by atomic mass is 15.4. The van der Waals surface area contributed by atoms with Crippen LogP contribution in [0.3, 0.4) is 0 Å². The number of hydrogen-bond donors (Lipinski definition) is 0. The summed E-state index contributed by atoms with van der Waals surface area (Å²) in [5.74, 6) is 3.80. The minimum Gasteiger partial charge on any atom is -0.342 e. The van der Waals surface area contributed by atoms with E-state index in [-0.39, 0.29) is 12.1 Å². The maximum atomic E-state index is 4.96. The Morgan fingerprint density at radius 2 is 1.87 bits per heavy atom. The quantitative estimate of drug-likeness (QED) is 0.518. The van der Waals surface area contributed by atoms with Crippen LogP contribution in [0, 0.1) is 6.92 Å². The molecule has 30 heavy (non-hydrogen) atoms. The number of aryl methyl sites for hydroxylation is 1. The van der Waals surface area contributed by atoms with E-state index in [0.717, 1.165) is 35.1 Å². The van der Waals surface area contributed by atoms with E-state index in [0.29, 0.717) is 11.8 Å². The molecule has 4 aromatic rings. The third kappa shape index (κ3) is 2.69. The van der Waals surface area contributed by atoms with Crippen molar-refractivity contribution >= 4 is 5.82 Å². The van der Waals surface area contributed by atoms with Crippen molar-refractivity contribution in [1.82, 2.24) is 39.5 Å². The second-order valence-electron chi connectivity index (χ2n) is 7.61. The summed E-state index contributed by atoms with van der Waals surface area (Å²) >= 11 is 0. The van der Waals surface area contributed by atoms with Crippen molar-refractivity contribution < 1.29 is 0 Å². The van der Waals surface area contributed by atoms with Gasteiger partial charge in [-0.25, -0.2) is 9.97 Å². The monoisotopic (exact) mass is 401 g/mol. The van der Waals surface area contributed by atoms with E-state index in [9.17, 15) is 0 Å². The molecule has 0 amide bonds. The lowest BCUT2D eigenvalue weighted by atomic mass is 10.1. The summed E-state index contributed by atoms with van der Waals surface area (Å²) in [6.07, 6.45) is 4.26. The van der Waals surface area contributed by atoms with Crippen LogP contribution in [0.1, 0.15) is 44.9 Å². The Morgan fingerprint density at radius 1 is 1.07 bits per heavy atom. The van der Waals surface area contributed by atoms with Crippen molar-refractivity contribution in [2.24, 2.45) is 0 Å². The number of aromatic nitrogens is 8. The van der Waals surface area contributed by atoms with Gasteiger partial charge in [0.2, 0.25) is 0 Å². The lowest BCUT2D eigenvalue weighted by molar-refractivity contribution is 0.495. The van der Waals surface area contributed by atoms with E-state index in [1.54, 1.807) is 4.68 Å². The van der Waals surface area contributed by atoms with Gasteiger partial charge in [-0.3, -0.25) is 4.57 Å². The van der Waals surface area contributed by atoms with Gasteiger partial charge >= 0.3 is 0 Å². The van der Waals surface area contributed by atoms with Gasteiger partial charge in [-0.05, 0) is 27.2 Å². The maximum Gasteiger partial charge on any atom is 0.254 e. The molecule has 0 unspecified atom stereocenters. The fourth-order valence-corrected chi connectivity index (χ4v) is 4.13. The van der Waals surface area contributed by atoms with E-state index in [2.05, 4.69) is 55.5 Å². The third-order valence-corrected chi connectivity index (χ3v) is 5.42. The van der Waals surface area contributed by atoms with Crippen LogP contribution in [-0.2, 0) is 0 Å². The lowest BCUT2D eigenvalue weighted by Crippen LogP contribution is -2.40. The zero-order valence-corrected chi connectivity index (χ0v) is 17.4. The largest absolute Gasteiger partial charge is 0.342 e. The van der Waals surface area contributed by atoms with Gasteiger partial charge in [0, 0.05) is 11.6 Å². The Balaban J connectivity index is 1.70. The van der Waals surface area contributed by atoms with Crippen molar-refractivity contribution in [2.45, 2.75) is 46.2 Å². The van der Waals surface area contributed by atoms with E-state index < -0.39 is 0 Å². The Labute approximate surface area is 174 Å². The predicted octanol–water partition coefficient (Wildman–Crippen LogP) is 3.29. The van der Waals surface area contributed by atoms with Crippen molar-refractivity contribution in [3.63, 3.8) is 0 Å². The molecular weight excluding hydrogens is 378 g/mol. The Kier molecular flexibility index (Phi) is 4.30. The fourth-order valence-electron chi connectivity index (χ4n) is 4.13. The van der Waals surface area contributed by atoms with Crippen LogP contribution in [0.5, 0.6) is 0 Å². The minimum absolute atomic E-state index is 0.0887. The van der Waals surface area contributed by atoms with Crippen LogP contribution in [0.25, 0.3) is 23.0 Å². The molecule has 9 nitrogen and oxygen atoms in total. The molecule has 152 valence electrons. The molecule has 0 bridgehead atoms. The van der Waals surface area contributed by atoms with Crippen molar-refractivity contribution in [1.29, 1.82) is 0 Å². The Hall–Kier alpha value is -3.62. The molecule has 0 aliphatic carbocycles. The first-order valence-corrected chi connectivity index (χ1v) is 10.1. The number of benzene rings is 1. The van der Waals surface area contributed by atoms with Gasteiger partial charge in [-0.15, -0.1) is 10.2 Å². The molecule has 5 rings (SSSR count). The lowest BCUT2D eigenvalue weighted by Gasteiger charge is -2.39. The first-order valence-electron chi connectivity index (χ1n) is 10.1. The molecule has 0 radical (unpaired) electrons. The molecular formula is C21H23N9. The molecule has 0 saturated heterocycles. The van der Waals surface area contributed by atoms with E-state index in [1.165, 1.54) is 6.33 Å². The highest BCUT2D eigenvalue weighted by Crippen LogP contribution is 2.40. The molecule has 0 fully saturated rings. The molecule has 1 atom stereocenters. The SMILES string of the molecule is CC[C@@H]1c2nnc(C)n2-c2cnc(-n3ncnc3-c3ccccc3)nc2N1C(C)C. The number of fused-ring (bicyclic) bond motifs is 3. The molecule has 0 spiro atoms. The zero-order valence-electron chi connectivity index (χ0n) is 17.4. The summed E-state index contributed by atoms with van der Waals surface area (Å²) in [7, 11) is 0. The second kappa shape index (κ2) is 7.01. The first-order chi connectivity index (χ1) is 14.6. The second-order valence-corrected chi connectivity index (χ2v) is 7.61. The average Bonchev–Trinajstić information content (AvgIpc) is 3.40. The van der Waals surface area contributed by atoms with Crippen molar-refractivity contribution in [3.05, 3.63) is 54.5 Å². The van der Waals surface area contributed by atoms with Crippen LogP contribution in [-0.4, -0.2) is 45.5 Å². The highest BCUT2D eigenvalue weighted by Gasteiger charge is 2.36. The molecule has 9 heteroatoms. The summed E-state index contributed by atoms with van der Waals surface area (Å²) in [5, 5.41) is 13.2. The predicted molar refractivity (Wildman–Crippen MR) is 113 cm³/mol. The highest BCUT2D eigenvalue weighted by molar-refractivity contribution is 5.64. The number of nitrogens with zero attached hydrogens (tertiary/aromatic N) is 9. The third-order valence-electron chi connectivity index (χ3n) is 5.42. The van der Waals surface area contributed by atoms with Gasteiger partial charge in [0.25, 0.3) is 5.95 Å². The number of hydrogen-bond acceptors (Lipinski definition) is 7. The average molecular weight is 401 g/mol. The normalized spacial score (nSPS) is 15.4. The zero-order chi connectivity index (χ0) is 20.8. The summed E-state index contributed by atoms with van der Waals surface area (Å²) in [6, 6.07) is 10.2. The molecule has 1 aliphatic rings. The van der Waals surface area contributed by atoms with Crippen LogP contribution < -0.4 is 4.90 Å². The van der Waals surface area contributed by atoms with Gasteiger partial charge < -0.3 is 4.90 Å². The smallest absolute Gasteiger partial charge is 0.254 e. The van der Waals surface area contributed by atoms with Gasteiger partial charge in [0.15, 0.2) is 17.5 Å². The molecule has 0 N–H and O–H groups in total. The van der Waals surface area contributed by atoms with Crippen LogP contribution in [0.2, 0.25) is 0 Å². The summed E-state index contributed by atoms with van der Waals surface area (Å²) in [5.41, 5.74) is 1.84. The van der Waals surface area contributed by atoms with Gasteiger partial charge in [0.05, 0.1) is 12.2 Å². The fraction of sp³-hybridized carbons (Fsp3) is 0.333. The van der Waals surface area contributed by atoms with E-state index >= 15 is 0 Å². The first kappa shape index (κ1) is 18.4. The standard InChI is InChI=1S/C21H23N9/c1-5-16-20-27-26-14(4)29(20)17-11-22-21(25-19(17)28(16)13(2)3)30-18(23-12-24-30)15-9-7-6-8-10-15/h6-13,16H,5H2,1-4H3/t16-/m1/s1. The van der Waals surface area contributed by atoms with Crippen LogP contribution in [0.15, 0.2) is 42.9 Å². The van der Waals surface area contributed by atoms with Crippen LogP contribution in [0.4, 0.5) is 5.82 Å². The Bertz CT molecular complexity index is 1190. The van der Waals surface area contributed by atoms with Crippen LogP contribution >= 0.6 is 0 Å². The molecule has 0 saturated carbocycles. The number of rotatable bonds is 4. The number of anilines is 1. The van der Waals surface area contributed by atoms with Gasteiger partial charge in [-0.2, -0.15) is 14.8 Å². The molecule has 1 aromatic carbocycles. The van der Waals surface area contributed by atoms with E-state index in [1.807, 2.05) is 43.5 Å². The van der Waals surface area contributed by atoms with Crippen molar-refractivity contribution in [3.8, 4) is 23.0 Å². The molecule has 1 aliphatic heterocycles. The van der Waals surface area contributed by atoms with E-state index in [4.69, 9.17) is 4.98 Å². The molecule has 4 heterocycles. The summed E-state index contributed by atoms with van der Waals surface area (Å²) < 4.78 is 3.75. The summed E-state index contributed by atoms with van der Waals surface area (Å²) in [6.45, 7) is 8.44. The van der Waals surface area contributed by atoms with Crippen molar-refractivity contribution in [2.75, 3.05) is 4.90 Å². The Morgan fingerprint density at radius 3 is 2.60 bits per heavy atom.